The second-order valence-corrected chi connectivity index (χ2v) is 8.03. The van der Waals surface area contributed by atoms with E-state index in [1.165, 1.54) is 30.1 Å². The van der Waals surface area contributed by atoms with E-state index in [1.807, 2.05) is 0 Å². The average Bonchev–Trinajstić information content (AvgIpc) is 2.54. The molecule has 25 heavy (non-hydrogen) atoms. The summed E-state index contributed by atoms with van der Waals surface area (Å²) < 4.78 is 49.9. The Hall–Kier alpha value is -2.28. The minimum atomic E-state index is -3.45. The molecule has 0 aliphatic rings. The molecule has 1 atom stereocenters. The summed E-state index contributed by atoms with van der Waals surface area (Å²) in [5.74, 6) is -2.35. The third-order valence-corrected chi connectivity index (χ3v) is 5.31. The minimum absolute atomic E-state index is 0.0512. The van der Waals surface area contributed by atoms with E-state index in [9.17, 15) is 22.0 Å². The van der Waals surface area contributed by atoms with Crippen molar-refractivity contribution in [1.29, 1.82) is 0 Å². The molecule has 0 saturated heterocycles. The number of carbonyl (C=O) groups is 1. The molecule has 2 aromatic rings. The highest BCUT2D eigenvalue weighted by atomic mass is 32.2. The molecule has 0 bridgehead atoms. The van der Waals surface area contributed by atoms with Crippen molar-refractivity contribution in [2.24, 2.45) is 0 Å². The van der Waals surface area contributed by atoms with E-state index in [1.54, 1.807) is 19.9 Å². The lowest BCUT2D eigenvalue weighted by atomic mass is 10.0. The first kappa shape index (κ1) is 19.1. The van der Waals surface area contributed by atoms with Crippen molar-refractivity contribution < 1.29 is 22.0 Å². The molecule has 134 valence electrons. The van der Waals surface area contributed by atoms with Gasteiger partial charge in [-0.05, 0) is 49.2 Å². The van der Waals surface area contributed by atoms with Gasteiger partial charge in [0.25, 0.3) is 5.91 Å². The number of sulfone groups is 1. The van der Waals surface area contributed by atoms with Gasteiger partial charge >= 0.3 is 0 Å². The Labute approximate surface area is 146 Å². The van der Waals surface area contributed by atoms with Crippen LogP contribution in [0, 0.1) is 18.6 Å². The van der Waals surface area contributed by atoms with Crippen LogP contribution >= 0.6 is 0 Å². The Morgan fingerprint density at radius 3 is 2.28 bits per heavy atom. The number of hydrogen-bond donors (Lipinski definition) is 0. The summed E-state index contributed by atoms with van der Waals surface area (Å²) in [5.41, 5.74) is 1.31. The topological polar surface area (TPSA) is 54.5 Å². The van der Waals surface area contributed by atoms with Gasteiger partial charge < -0.3 is 4.90 Å². The number of rotatable bonds is 4. The maximum Gasteiger partial charge on any atom is 0.254 e. The monoisotopic (exact) mass is 367 g/mol. The fourth-order valence-corrected chi connectivity index (χ4v) is 3.07. The molecule has 0 unspecified atom stereocenters. The highest BCUT2D eigenvalue weighted by molar-refractivity contribution is 7.90. The van der Waals surface area contributed by atoms with Crippen LogP contribution in [0.3, 0.4) is 0 Å². The van der Waals surface area contributed by atoms with Crippen LogP contribution in [-0.4, -0.2) is 32.5 Å². The van der Waals surface area contributed by atoms with E-state index >= 15 is 0 Å². The number of aryl methyl sites for hydroxylation is 1. The van der Waals surface area contributed by atoms with Crippen molar-refractivity contribution in [3.8, 4) is 0 Å². The lowest BCUT2D eigenvalue weighted by Crippen LogP contribution is -2.30. The normalized spacial score (nSPS) is 12.7. The highest BCUT2D eigenvalue weighted by Gasteiger charge is 2.22. The summed E-state index contributed by atoms with van der Waals surface area (Å²) >= 11 is 0. The second kappa shape index (κ2) is 6.92. The van der Waals surface area contributed by atoms with Gasteiger partial charge in [-0.15, -0.1) is 0 Å². The standard InChI is InChI=1S/C18H19F2NO3S/c1-11-5-7-14(25(4,23)24)10-15(11)18(22)21(3)12(2)13-6-8-16(19)17(20)9-13/h5-10,12H,1-4H3/t12-/m1/s1. The zero-order valence-electron chi connectivity index (χ0n) is 14.4. The maximum absolute atomic E-state index is 13.4. The lowest BCUT2D eigenvalue weighted by molar-refractivity contribution is 0.0741. The van der Waals surface area contributed by atoms with Crippen molar-refractivity contribution in [2.45, 2.75) is 24.8 Å². The summed E-state index contributed by atoms with van der Waals surface area (Å²) in [4.78, 5) is 14.2. The van der Waals surface area contributed by atoms with Crippen molar-refractivity contribution in [3.05, 3.63) is 64.7 Å². The van der Waals surface area contributed by atoms with E-state index in [4.69, 9.17) is 0 Å². The average molecular weight is 367 g/mol. The number of halogens is 2. The third kappa shape index (κ3) is 4.04. The van der Waals surface area contributed by atoms with Crippen LogP contribution in [0.2, 0.25) is 0 Å². The third-order valence-electron chi connectivity index (χ3n) is 4.19. The molecule has 7 heteroatoms. The summed E-state index contributed by atoms with van der Waals surface area (Å²) in [5, 5.41) is 0. The molecule has 1 amide bonds. The summed E-state index contributed by atoms with van der Waals surface area (Å²) in [6.07, 6.45) is 1.07. The van der Waals surface area contributed by atoms with E-state index < -0.39 is 33.4 Å². The molecule has 0 spiro atoms. The summed E-state index contributed by atoms with van der Waals surface area (Å²) in [6.45, 7) is 3.38. The van der Waals surface area contributed by atoms with Crippen LogP contribution in [0.4, 0.5) is 8.78 Å². The first-order chi connectivity index (χ1) is 11.5. The summed E-state index contributed by atoms with van der Waals surface area (Å²) in [6, 6.07) is 7.29. The predicted octanol–water partition coefficient (Wildman–Crippen LogP) is 3.51. The van der Waals surface area contributed by atoms with Crippen LogP contribution in [0.5, 0.6) is 0 Å². The summed E-state index contributed by atoms with van der Waals surface area (Å²) in [7, 11) is -1.92. The molecule has 2 rings (SSSR count). The maximum atomic E-state index is 13.4. The molecule has 0 aliphatic heterocycles. The fraction of sp³-hybridized carbons (Fsp3) is 0.278. The van der Waals surface area contributed by atoms with E-state index in [0.717, 1.165) is 18.4 Å². The Morgan fingerprint density at radius 2 is 1.72 bits per heavy atom. The number of nitrogens with zero attached hydrogens (tertiary/aromatic N) is 1. The molecule has 0 aliphatic carbocycles. The molecule has 0 heterocycles. The van der Waals surface area contributed by atoms with Gasteiger partial charge in [-0.1, -0.05) is 12.1 Å². The van der Waals surface area contributed by atoms with Gasteiger partial charge in [0, 0.05) is 18.9 Å². The molecule has 0 radical (unpaired) electrons. The largest absolute Gasteiger partial charge is 0.335 e. The highest BCUT2D eigenvalue weighted by Crippen LogP contribution is 2.24. The van der Waals surface area contributed by atoms with Crippen LogP contribution < -0.4 is 0 Å². The zero-order chi connectivity index (χ0) is 18.9. The molecule has 0 aromatic heterocycles. The molecular formula is C18H19F2NO3S. The Kier molecular flexibility index (Phi) is 5.27. The van der Waals surface area contributed by atoms with E-state index in [-0.39, 0.29) is 10.5 Å². The Morgan fingerprint density at radius 1 is 1.08 bits per heavy atom. The molecule has 0 fully saturated rings. The lowest BCUT2D eigenvalue weighted by Gasteiger charge is -2.26. The Balaban J connectivity index is 2.37. The number of amides is 1. The quantitative estimate of drug-likeness (QED) is 0.831. The Bertz CT molecular complexity index is 926. The number of carbonyl (C=O) groups excluding carboxylic acids is 1. The molecular weight excluding hydrogens is 348 g/mol. The molecule has 0 N–H and O–H groups in total. The zero-order valence-corrected chi connectivity index (χ0v) is 15.2. The second-order valence-electron chi connectivity index (χ2n) is 6.01. The van der Waals surface area contributed by atoms with Gasteiger partial charge in [0.1, 0.15) is 0 Å². The number of hydrogen-bond acceptors (Lipinski definition) is 3. The fourth-order valence-electron chi connectivity index (χ4n) is 2.42. The van der Waals surface area contributed by atoms with Crippen molar-refractivity contribution in [3.63, 3.8) is 0 Å². The van der Waals surface area contributed by atoms with Gasteiger partial charge in [0.05, 0.1) is 10.9 Å². The minimum Gasteiger partial charge on any atom is -0.335 e. The van der Waals surface area contributed by atoms with Crippen LogP contribution in [-0.2, 0) is 9.84 Å². The van der Waals surface area contributed by atoms with Crippen LogP contribution in [0.1, 0.15) is 34.5 Å². The molecule has 0 saturated carbocycles. The predicted molar refractivity (Wildman–Crippen MR) is 91.2 cm³/mol. The molecule has 2 aromatic carbocycles. The van der Waals surface area contributed by atoms with Crippen LogP contribution in [0.15, 0.2) is 41.3 Å². The van der Waals surface area contributed by atoms with Crippen molar-refractivity contribution in [1.82, 2.24) is 4.90 Å². The van der Waals surface area contributed by atoms with E-state index in [0.29, 0.717) is 11.1 Å². The van der Waals surface area contributed by atoms with Crippen molar-refractivity contribution in [2.75, 3.05) is 13.3 Å². The van der Waals surface area contributed by atoms with Gasteiger partial charge in [-0.25, -0.2) is 17.2 Å². The van der Waals surface area contributed by atoms with Crippen molar-refractivity contribution >= 4 is 15.7 Å². The SMILES string of the molecule is Cc1ccc(S(C)(=O)=O)cc1C(=O)N(C)[C@H](C)c1ccc(F)c(F)c1. The molecule has 4 nitrogen and oxygen atoms in total. The smallest absolute Gasteiger partial charge is 0.254 e. The number of benzene rings is 2. The van der Waals surface area contributed by atoms with Gasteiger partial charge in [-0.2, -0.15) is 0 Å². The van der Waals surface area contributed by atoms with Gasteiger partial charge in [0.15, 0.2) is 21.5 Å². The first-order valence-electron chi connectivity index (χ1n) is 7.55. The first-order valence-corrected chi connectivity index (χ1v) is 9.44. The van der Waals surface area contributed by atoms with Gasteiger partial charge in [0.2, 0.25) is 0 Å². The van der Waals surface area contributed by atoms with Crippen LogP contribution in [0.25, 0.3) is 0 Å². The van der Waals surface area contributed by atoms with E-state index in [2.05, 4.69) is 0 Å². The van der Waals surface area contributed by atoms with Gasteiger partial charge in [-0.3, -0.25) is 4.79 Å².